The van der Waals surface area contributed by atoms with Gasteiger partial charge in [0.15, 0.2) is 0 Å². The summed E-state index contributed by atoms with van der Waals surface area (Å²) < 4.78 is 0. The molecule has 6 heteroatoms. The predicted octanol–water partition coefficient (Wildman–Crippen LogP) is -2.71. The molecule has 0 aromatic heterocycles. The van der Waals surface area contributed by atoms with Crippen molar-refractivity contribution >= 4 is 0 Å². The molecule has 0 bridgehead atoms. The van der Waals surface area contributed by atoms with Crippen molar-refractivity contribution in [2.75, 3.05) is 26.7 Å². The Labute approximate surface area is 76.7 Å². The van der Waals surface area contributed by atoms with Crippen LogP contribution in [0, 0.1) is 0 Å². The first-order valence-electron chi connectivity index (χ1n) is 4.05. The predicted molar refractivity (Wildman–Crippen MR) is 44.6 cm³/mol. The molecule has 2 atom stereocenters. The monoisotopic (exact) mass is 195 g/mol. The Morgan fingerprint density at radius 1 is 0.923 bits per heavy atom. The summed E-state index contributed by atoms with van der Waals surface area (Å²) in [5.41, 5.74) is 0. The van der Waals surface area contributed by atoms with Gasteiger partial charge in [-0.15, -0.1) is 0 Å². The maximum atomic E-state index is 9.05. The molecule has 0 saturated carbocycles. The summed E-state index contributed by atoms with van der Waals surface area (Å²) in [5.74, 6) is 0. The topological polar surface area (TPSA) is 104 Å². The third-order valence-electron chi connectivity index (χ3n) is 1.85. The van der Waals surface area contributed by atoms with Crippen LogP contribution >= 0.6 is 0 Å². The number of aliphatic hydroxyl groups is 5. The minimum absolute atomic E-state index is 0.105. The van der Waals surface area contributed by atoms with Gasteiger partial charge in [0.1, 0.15) is 0 Å². The van der Waals surface area contributed by atoms with E-state index in [1.165, 1.54) is 4.90 Å². The van der Waals surface area contributed by atoms with Crippen LogP contribution in [0.1, 0.15) is 6.42 Å². The van der Waals surface area contributed by atoms with Gasteiger partial charge in [-0.25, -0.2) is 0 Å². The van der Waals surface area contributed by atoms with Crippen LogP contribution in [0.3, 0.4) is 0 Å². The van der Waals surface area contributed by atoms with Gasteiger partial charge in [-0.2, -0.15) is 0 Å². The number of hydrogen-bond acceptors (Lipinski definition) is 6. The van der Waals surface area contributed by atoms with E-state index in [1.807, 2.05) is 0 Å². The van der Waals surface area contributed by atoms with Gasteiger partial charge in [0, 0.05) is 6.04 Å². The Kier molecular flexibility index (Phi) is 7.06. The Bertz CT molecular complexity index is 119. The first-order chi connectivity index (χ1) is 6.19. The highest BCUT2D eigenvalue weighted by Gasteiger charge is 2.19. The highest BCUT2D eigenvalue weighted by atomic mass is 16.3. The van der Waals surface area contributed by atoms with Crippen molar-refractivity contribution in [1.29, 1.82) is 0 Å². The van der Waals surface area contributed by atoms with Crippen LogP contribution in [-0.2, 0) is 0 Å². The zero-order valence-electron chi connectivity index (χ0n) is 7.37. The highest BCUT2D eigenvalue weighted by molar-refractivity contribution is 4.70. The molecule has 13 heavy (non-hydrogen) atoms. The molecule has 2 unspecified atom stereocenters. The van der Waals surface area contributed by atoms with Gasteiger partial charge in [-0.3, -0.25) is 4.90 Å². The first-order valence-corrected chi connectivity index (χ1v) is 4.05. The van der Waals surface area contributed by atoms with Gasteiger partial charge in [0.25, 0.3) is 0 Å². The molecule has 0 aliphatic carbocycles. The Hall–Kier alpha value is -0.240. The van der Waals surface area contributed by atoms with E-state index >= 15 is 0 Å². The molecule has 0 heterocycles. The van der Waals surface area contributed by atoms with Crippen molar-refractivity contribution in [3.8, 4) is 0 Å². The van der Waals surface area contributed by atoms with Crippen LogP contribution in [0.25, 0.3) is 0 Å². The average molecular weight is 195 g/mol. The SMILES string of the molecule is OCC(O)CC(CO)N(CO)CO. The van der Waals surface area contributed by atoms with Crippen LogP contribution in [-0.4, -0.2) is 69.3 Å². The lowest BCUT2D eigenvalue weighted by Crippen LogP contribution is -2.42. The van der Waals surface area contributed by atoms with Gasteiger partial charge in [0.05, 0.1) is 32.8 Å². The lowest BCUT2D eigenvalue weighted by atomic mass is 10.1. The normalized spacial score (nSPS) is 16.2. The molecular formula is C7H17NO5. The van der Waals surface area contributed by atoms with E-state index in [0.717, 1.165) is 0 Å². The molecule has 0 amide bonds. The summed E-state index contributed by atoms with van der Waals surface area (Å²) >= 11 is 0. The summed E-state index contributed by atoms with van der Waals surface area (Å²) in [4.78, 5) is 1.18. The lowest BCUT2D eigenvalue weighted by Gasteiger charge is -2.27. The van der Waals surface area contributed by atoms with E-state index in [0.29, 0.717) is 0 Å². The molecule has 0 radical (unpaired) electrons. The van der Waals surface area contributed by atoms with Crippen LogP contribution in [0.4, 0.5) is 0 Å². The van der Waals surface area contributed by atoms with Crippen LogP contribution in [0.5, 0.6) is 0 Å². The van der Waals surface area contributed by atoms with Crippen molar-refractivity contribution in [3.63, 3.8) is 0 Å². The molecule has 0 rings (SSSR count). The van der Waals surface area contributed by atoms with Gasteiger partial charge >= 0.3 is 0 Å². The highest BCUT2D eigenvalue weighted by Crippen LogP contribution is 2.05. The Morgan fingerprint density at radius 2 is 1.46 bits per heavy atom. The fourth-order valence-corrected chi connectivity index (χ4v) is 1.00. The van der Waals surface area contributed by atoms with Crippen LogP contribution < -0.4 is 0 Å². The second-order valence-electron chi connectivity index (χ2n) is 2.78. The van der Waals surface area contributed by atoms with Crippen molar-refractivity contribution in [1.82, 2.24) is 4.90 Å². The number of nitrogens with zero attached hydrogens (tertiary/aromatic N) is 1. The second kappa shape index (κ2) is 7.19. The molecule has 0 aromatic carbocycles. The molecule has 6 nitrogen and oxygen atoms in total. The average Bonchev–Trinajstić information content (AvgIpc) is 2.17. The zero-order valence-corrected chi connectivity index (χ0v) is 7.37. The maximum Gasteiger partial charge on any atom is 0.0977 e. The van der Waals surface area contributed by atoms with Crippen molar-refractivity contribution in [2.45, 2.75) is 18.6 Å². The summed E-state index contributed by atoms with van der Waals surface area (Å²) in [5, 5.41) is 43.9. The van der Waals surface area contributed by atoms with Crippen molar-refractivity contribution < 1.29 is 25.5 Å². The van der Waals surface area contributed by atoms with Crippen LogP contribution in [0.15, 0.2) is 0 Å². The lowest BCUT2D eigenvalue weighted by molar-refractivity contribution is -0.0402. The van der Waals surface area contributed by atoms with E-state index in [1.54, 1.807) is 0 Å². The standard InChI is InChI=1S/C7H17NO5/c9-2-6(1-7(13)3-10)8(4-11)5-12/h6-7,9-13H,1-5H2. The Balaban J connectivity index is 3.98. The summed E-state index contributed by atoms with van der Waals surface area (Å²) in [6, 6.07) is -0.544. The molecule has 0 fully saturated rings. The number of hydrogen-bond donors (Lipinski definition) is 5. The first kappa shape index (κ1) is 12.8. The van der Waals surface area contributed by atoms with Gasteiger partial charge in [-0.05, 0) is 6.42 Å². The summed E-state index contributed by atoms with van der Waals surface area (Å²) in [6.45, 7) is -1.50. The number of rotatable bonds is 7. The van der Waals surface area contributed by atoms with E-state index in [4.69, 9.17) is 25.5 Å². The van der Waals surface area contributed by atoms with Gasteiger partial charge < -0.3 is 25.5 Å². The third-order valence-corrected chi connectivity index (χ3v) is 1.85. The Morgan fingerprint density at radius 3 is 1.77 bits per heavy atom. The maximum absolute atomic E-state index is 9.05. The summed E-state index contributed by atoms with van der Waals surface area (Å²) in [7, 11) is 0. The molecule has 80 valence electrons. The fourth-order valence-electron chi connectivity index (χ4n) is 1.00. The molecule has 0 aliphatic rings. The molecule has 0 saturated heterocycles. The zero-order chi connectivity index (χ0) is 10.3. The number of aliphatic hydroxyl groups excluding tert-OH is 5. The smallest absolute Gasteiger partial charge is 0.0977 e. The molecular weight excluding hydrogens is 178 g/mol. The van der Waals surface area contributed by atoms with E-state index in [-0.39, 0.29) is 13.0 Å². The van der Waals surface area contributed by atoms with E-state index < -0.39 is 32.2 Å². The fraction of sp³-hybridized carbons (Fsp3) is 1.00. The van der Waals surface area contributed by atoms with E-state index in [9.17, 15) is 0 Å². The minimum atomic E-state index is -0.947. The van der Waals surface area contributed by atoms with Crippen LogP contribution in [0.2, 0.25) is 0 Å². The van der Waals surface area contributed by atoms with Crippen molar-refractivity contribution in [2.24, 2.45) is 0 Å². The van der Waals surface area contributed by atoms with Gasteiger partial charge in [0.2, 0.25) is 0 Å². The summed E-state index contributed by atoms with van der Waals surface area (Å²) in [6.07, 6.45) is -0.841. The molecule has 5 N–H and O–H groups in total. The molecule has 0 spiro atoms. The quantitative estimate of drug-likeness (QED) is 0.283. The second-order valence-corrected chi connectivity index (χ2v) is 2.78. The molecule has 0 aromatic rings. The third kappa shape index (κ3) is 4.51. The largest absolute Gasteiger partial charge is 0.395 e. The van der Waals surface area contributed by atoms with E-state index in [2.05, 4.69) is 0 Å². The van der Waals surface area contributed by atoms with Gasteiger partial charge in [-0.1, -0.05) is 0 Å². The molecule has 0 aliphatic heterocycles. The van der Waals surface area contributed by atoms with Crippen molar-refractivity contribution in [3.05, 3.63) is 0 Å². The minimum Gasteiger partial charge on any atom is -0.395 e.